The highest BCUT2D eigenvalue weighted by atomic mass is 127. The van der Waals surface area contributed by atoms with Crippen LogP contribution in [-0.4, -0.2) is 0 Å². The van der Waals surface area contributed by atoms with Crippen molar-refractivity contribution in [2.45, 2.75) is 0 Å². The third kappa shape index (κ3) is 2.45. The van der Waals surface area contributed by atoms with Crippen molar-refractivity contribution in [1.82, 2.24) is 0 Å². The maximum atomic E-state index is 9.40. The van der Waals surface area contributed by atoms with Crippen LogP contribution in [0.25, 0.3) is 31.3 Å². The zero-order chi connectivity index (χ0) is 16.7. The molecule has 0 aliphatic carbocycles. The Balaban J connectivity index is 1.95. The Hall–Kier alpha value is -2.41. The Bertz CT molecular complexity index is 1190. The molecule has 0 spiro atoms. The maximum absolute atomic E-state index is 9.40. The molecule has 1 heterocycles. The molecule has 0 fully saturated rings. The van der Waals surface area contributed by atoms with Crippen LogP contribution in [0.15, 0.2) is 54.6 Å². The number of halogens is 1. The van der Waals surface area contributed by atoms with Gasteiger partial charge < -0.3 is 0 Å². The zero-order valence-corrected chi connectivity index (χ0v) is 15.4. The smallest absolute Gasteiger partial charge is 0.0998 e. The van der Waals surface area contributed by atoms with Crippen molar-refractivity contribution in [3.63, 3.8) is 0 Å². The van der Waals surface area contributed by atoms with Crippen LogP contribution in [0.2, 0.25) is 0 Å². The fraction of sp³-hybridized carbons (Fsp3) is 0. The topological polar surface area (TPSA) is 47.6 Å². The average Bonchev–Trinajstić information content (AvgIpc) is 2.98. The molecule has 4 rings (SSSR count). The number of fused-ring (bicyclic) bond motifs is 3. The van der Waals surface area contributed by atoms with Crippen molar-refractivity contribution < 1.29 is 0 Å². The van der Waals surface area contributed by atoms with Gasteiger partial charge in [-0.15, -0.1) is 11.3 Å². The van der Waals surface area contributed by atoms with Crippen molar-refractivity contribution in [2.75, 3.05) is 0 Å². The molecule has 1 aromatic heterocycles. The third-order valence-electron chi connectivity index (χ3n) is 4.01. The van der Waals surface area contributed by atoms with Crippen LogP contribution in [0.3, 0.4) is 0 Å². The fourth-order valence-corrected chi connectivity index (χ4v) is 4.49. The summed E-state index contributed by atoms with van der Waals surface area (Å²) in [5.41, 5.74) is 2.91. The molecule has 0 aliphatic rings. The summed E-state index contributed by atoms with van der Waals surface area (Å²) in [6.45, 7) is 0. The second kappa shape index (κ2) is 5.90. The molecular weight excluding hydrogens is 427 g/mol. The molecule has 0 unspecified atom stereocenters. The summed E-state index contributed by atoms with van der Waals surface area (Å²) in [7, 11) is 0. The number of nitrogens with zero attached hydrogens (tertiary/aromatic N) is 2. The van der Waals surface area contributed by atoms with Crippen LogP contribution in [-0.2, 0) is 0 Å². The van der Waals surface area contributed by atoms with Crippen molar-refractivity contribution in [2.24, 2.45) is 0 Å². The summed E-state index contributed by atoms with van der Waals surface area (Å²) in [6.07, 6.45) is 0. The van der Waals surface area contributed by atoms with Gasteiger partial charge in [-0.25, -0.2) is 0 Å². The van der Waals surface area contributed by atoms with Gasteiger partial charge in [0.25, 0.3) is 0 Å². The predicted molar refractivity (Wildman–Crippen MR) is 107 cm³/mol. The maximum Gasteiger partial charge on any atom is 0.0998 e. The van der Waals surface area contributed by atoms with Gasteiger partial charge in [-0.1, -0.05) is 18.2 Å². The minimum Gasteiger partial charge on any atom is -0.192 e. The Kier molecular flexibility index (Phi) is 3.72. The van der Waals surface area contributed by atoms with Gasteiger partial charge in [-0.2, -0.15) is 10.5 Å². The van der Waals surface area contributed by atoms with E-state index in [4.69, 9.17) is 5.26 Å². The van der Waals surface area contributed by atoms with E-state index in [1.165, 1.54) is 23.7 Å². The van der Waals surface area contributed by atoms with Gasteiger partial charge in [0.15, 0.2) is 0 Å². The van der Waals surface area contributed by atoms with Gasteiger partial charge in [-0.05, 0) is 70.1 Å². The molecular formula is C20H9IN2S. The highest BCUT2D eigenvalue weighted by molar-refractivity contribution is 14.1. The molecule has 2 nitrogen and oxygen atoms in total. The molecule has 4 aromatic rings. The number of hydrogen-bond donors (Lipinski definition) is 0. The van der Waals surface area contributed by atoms with Crippen LogP contribution in [0.4, 0.5) is 0 Å². The van der Waals surface area contributed by atoms with Crippen molar-refractivity contribution in [1.29, 1.82) is 10.5 Å². The minimum absolute atomic E-state index is 0.507. The van der Waals surface area contributed by atoms with E-state index in [0.29, 0.717) is 11.1 Å². The first kappa shape index (κ1) is 15.1. The number of nitriles is 2. The van der Waals surface area contributed by atoms with Gasteiger partial charge in [0.1, 0.15) is 0 Å². The van der Waals surface area contributed by atoms with Crippen LogP contribution in [0.5, 0.6) is 0 Å². The molecule has 0 atom stereocenters. The van der Waals surface area contributed by atoms with Crippen LogP contribution in [0, 0.1) is 26.2 Å². The fourth-order valence-electron chi connectivity index (χ4n) is 2.87. The zero-order valence-electron chi connectivity index (χ0n) is 12.4. The standard InChI is InChI=1S/C20H9IN2S/c21-15-3-6-19-18(9-15)17-5-2-13(8-20(17)24-19)16-4-1-12(10-22)7-14(16)11-23/h1-9H. The second-order valence-electron chi connectivity index (χ2n) is 5.44. The van der Waals surface area contributed by atoms with Crippen molar-refractivity contribution in [3.8, 4) is 23.3 Å². The monoisotopic (exact) mass is 436 g/mol. The molecule has 4 heteroatoms. The Labute approximate surface area is 156 Å². The van der Waals surface area contributed by atoms with Gasteiger partial charge in [-0.3, -0.25) is 0 Å². The van der Waals surface area contributed by atoms with Gasteiger partial charge in [0, 0.05) is 23.7 Å². The summed E-state index contributed by atoms with van der Waals surface area (Å²) in [6, 6.07) is 22.3. The summed E-state index contributed by atoms with van der Waals surface area (Å²) in [4.78, 5) is 0. The van der Waals surface area contributed by atoms with Crippen LogP contribution >= 0.6 is 33.9 Å². The van der Waals surface area contributed by atoms with Gasteiger partial charge in [0.2, 0.25) is 0 Å². The van der Waals surface area contributed by atoms with E-state index in [1.54, 1.807) is 23.5 Å². The summed E-state index contributed by atoms with van der Waals surface area (Å²) >= 11 is 4.09. The number of thiophene rings is 1. The molecule has 24 heavy (non-hydrogen) atoms. The average molecular weight is 436 g/mol. The lowest BCUT2D eigenvalue weighted by molar-refractivity contribution is 1.44. The van der Waals surface area contributed by atoms with E-state index in [2.05, 4.69) is 71.1 Å². The van der Waals surface area contributed by atoms with Crippen molar-refractivity contribution in [3.05, 3.63) is 69.3 Å². The van der Waals surface area contributed by atoms with E-state index >= 15 is 0 Å². The molecule has 0 bridgehead atoms. The molecule has 0 amide bonds. The van der Waals surface area contributed by atoms with E-state index in [9.17, 15) is 5.26 Å². The first-order chi connectivity index (χ1) is 11.7. The lowest BCUT2D eigenvalue weighted by Gasteiger charge is -2.05. The van der Waals surface area contributed by atoms with Crippen LogP contribution < -0.4 is 0 Å². The Morgan fingerprint density at radius 3 is 2.46 bits per heavy atom. The number of hydrogen-bond acceptors (Lipinski definition) is 3. The predicted octanol–water partition coefficient (Wildman–Crippen LogP) is 6.07. The van der Waals surface area contributed by atoms with E-state index < -0.39 is 0 Å². The summed E-state index contributed by atoms with van der Waals surface area (Å²) < 4.78 is 3.70. The summed E-state index contributed by atoms with van der Waals surface area (Å²) in [5.74, 6) is 0. The Morgan fingerprint density at radius 1 is 0.792 bits per heavy atom. The number of benzene rings is 3. The molecule has 0 saturated carbocycles. The molecule has 0 saturated heterocycles. The summed E-state index contributed by atoms with van der Waals surface area (Å²) in [5, 5.41) is 20.9. The number of rotatable bonds is 1. The van der Waals surface area contributed by atoms with E-state index in [1.807, 2.05) is 6.07 Å². The molecule has 3 aromatic carbocycles. The van der Waals surface area contributed by atoms with Crippen molar-refractivity contribution >= 4 is 54.1 Å². The van der Waals surface area contributed by atoms with E-state index in [0.717, 1.165) is 11.1 Å². The lowest BCUT2D eigenvalue weighted by atomic mass is 9.97. The highest BCUT2D eigenvalue weighted by Crippen LogP contribution is 2.37. The van der Waals surface area contributed by atoms with Gasteiger partial charge >= 0.3 is 0 Å². The normalized spacial score (nSPS) is 10.6. The van der Waals surface area contributed by atoms with E-state index in [-0.39, 0.29) is 0 Å². The molecule has 0 aliphatic heterocycles. The third-order valence-corrected chi connectivity index (χ3v) is 5.82. The first-order valence-corrected chi connectivity index (χ1v) is 9.15. The SMILES string of the molecule is N#Cc1ccc(-c2ccc3c(c2)sc2ccc(I)cc23)c(C#N)c1. The molecule has 0 N–H and O–H groups in total. The molecule has 0 radical (unpaired) electrons. The lowest BCUT2D eigenvalue weighted by Crippen LogP contribution is -1.86. The largest absolute Gasteiger partial charge is 0.192 e. The quantitative estimate of drug-likeness (QED) is 0.340. The first-order valence-electron chi connectivity index (χ1n) is 7.26. The highest BCUT2D eigenvalue weighted by Gasteiger charge is 2.10. The Morgan fingerprint density at radius 2 is 1.67 bits per heavy atom. The van der Waals surface area contributed by atoms with Crippen LogP contribution in [0.1, 0.15) is 11.1 Å². The molecule has 112 valence electrons. The van der Waals surface area contributed by atoms with Gasteiger partial charge in [0.05, 0.1) is 23.3 Å². The minimum atomic E-state index is 0.507. The second-order valence-corrected chi connectivity index (χ2v) is 7.77.